The Morgan fingerprint density at radius 2 is 2.00 bits per heavy atom. The molecule has 1 N–H and O–H groups in total. The molecule has 102 valence electrons. The van der Waals surface area contributed by atoms with E-state index in [1.807, 2.05) is 26.0 Å². The summed E-state index contributed by atoms with van der Waals surface area (Å²) in [5.74, 6) is 0.411. The van der Waals surface area contributed by atoms with Crippen molar-refractivity contribution in [2.24, 2.45) is 0 Å². The van der Waals surface area contributed by atoms with Crippen LogP contribution in [0.4, 0.5) is 17.2 Å². The lowest BCUT2D eigenvalue weighted by atomic mass is 10.1. The molecular weight excluding hydrogens is 278 g/mol. The quantitative estimate of drug-likeness (QED) is 0.550. The van der Waals surface area contributed by atoms with E-state index < -0.39 is 15.7 Å². The van der Waals surface area contributed by atoms with Gasteiger partial charge in [0.05, 0.1) is 31.2 Å². The zero-order valence-corrected chi connectivity index (χ0v) is 11.7. The zero-order chi connectivity index (χ0) is 14.4. The molecule has 1 atom stereocenters. The molecule has 0 saturated heterocycles. The van der Waals surface area contributed by atoms with Crippen LogP contribution in [0.5, 0.6) is 0 Å². The first kappa shape index (κ1) is 12.7. The number of nitrogens with one attached hydrogen (secondary N) is 1. The molecule has 0 bridgehead atoms. The van der Waals surface area contributed by atoms with Gasteiger partial charge < -0.3 is 5.32 Å². The van der Waals surface area contributed by atoms with E-state index in [9.17, 15) is 14.3 Å². The molecule has 1 aromatic heterocycles. The fourth-order valence-corrected chi connectivity index (χ4v) is 3.68. The van der Waals surface area contributed by atoms with E-state index in [-0.39, 0.29) is 5.69 Å². The Bertz CT molecular complexity index is 774. The molecule has 1 unspecified atom stereocenters. The summed E-state index contributed by atoms with van der Waals surface area (Å²) in [4.78, 5) is 15.2. The van der Waals surface area contributed by atoms with Gasteiger partial charge >= 0.3 is 0 Å². The number of aryl methyl sites for hydroxylation is 2. The van der Waals surface area contributed by atoms with Gasteiger partial charge in [0.15, 0.2) is 0 Å². The summed E-state index contributed by atoms with van der Waals surface area (Å²) in [6, 6.07) is 5.12. The van der Waals surface area contributed by atoms with E-state index in [2.05, 4.69) is 10.3 Å². The molecule has 3 rings (SSSR count). The number of pyridine rings is 1. The topological polar surface area (TPSA) is 85.1 Å². The van der Waals surface area contributed by atoms with Crippen LogP contribution >= 0.6 is 0 Å². The predicted octanol–water partition coefficient (Wildman–Crippen LogP) is 2.83. The van der Waals surface area contributed by atoms with E-state index >= 15 is 0 Å². The van der Waals surface area contributed by atoms with Crippen molar-refractivity contribution in [1.82, 2.24) is 4.98 Å². The second-order valence-electron chi connectivity index (χ2n) is 4.65. The Labute approximate surface area is 117 Å². The number of nitrogens with zero attached hydrogens (tertiary/aromatic N) is 2. The van der Waals surface area contributed by atoms with Gasteiger partial charge in [0.1, 0.15) is 12.0 Å². The molecule has 0 amide bonds. The number of rotatable bonds is 1. The lowest BCUT2D eigenvalue weighted by Gasteiger charge is -2.21. The molecule has 1 aromatic carbocycles. The second-order valence-corrected chi connectivity index (χ2v) is 6.06. The minimum Gasteiger partial charge on any atom is -0.338 e. The van der Waals surface area contributed by atoms with E-state index in [1.54, 1.807) is 0 Å². The van der Waals surface area contributed by atoms with Crippen molar-refractivity contribution in [2.75, 3.05) is 5.32 Å². The van der Waals surface area contributed by atoms with Gasteiger partial charge in [0.25, 0.3) is 5.69 Å². The average molecular weight is 289 g/mol. The molecule has 7 heteroatoms. The van der Waals surface area contributed by atoms with Crippen LogP contribution in [0.25, 0.3) is 0 Å². The third-order valence-corrected chi connectivity index (χ3v) is 4.57. The minimum atomic E-state index is -1.47. The molecular formula is C13H11N3O3S. The summed E-state index contributed by atoms with van der Waals surface area (Å²) in [5.41, 5.74) is 2.58. The number of hydrogen-bond donors (Lipinski definition) is 1. The van der Waals surface area contributed by atoms with Gasteiger partial charge in [0, 0.05) is 6.07 Å². The number of nitro groups is 1. The van der Waals surface area contributed by atoms with Gasteiger partial charge in [-0.25, -0.2) is 9.19 Å². The highest BCUT2D eigenvalue weighted by atomic mass is 32.2. The Morgan fingerprint density at radius 3 is 2.70 bits per heavy atom. The van der Waals surface area contributed by atoms with Gasteiger partial charge in [-0.15, -0.1) is 0 Å². The van der Waals surface area contributed by atoms with Crippen molar-refractivity contribution in [3.63, 3.8) is 0 Å². The van der Waals surface area contributed by atoms with Crippen LogP contribution in [0.15, 0.2) is 34.2 Å². The van der Waals surface area contributed by atoms with E-state index in [1.165, 1.54) is 6.07 Å². The normalized spacial score (nSPS) is 16.0. The van der Waals surface area contributed by atoms with Crippen molar-refractivity contribution >= 4 is 28.0 Å². The lowest BCUT2D eigenvalue weighted by Crippen LogP contribution is -2.12. The number of anilines is 2. The van der Waals surface area contributed by atoms with Crippen LogP contribution in [-0.4, -0.2) is 14.1 Å². The number of aromatic nitrogens is 1. The standard InChI is InChI=1S/C13H11N3O3S/c1-7-3-8(2)12-10(4-7)20(19)11-5-9(16(17)18)6-14-13(11)15-12/h3-6H,1-2H3,(H,14,15). The Kier molecular flexibility index (Phi) is 2.79. The number of fused-ring (bicyclic) bond motifs is 2. The molecule has 0 aliphatic carbocycles. The highest BCUT2D eigenvalue weighted by Crippen LogP contribution is 2.39. The number of hydrogen-bond acceptors (Lipinski definition) is 5. The lowest BCUT2D eigenvalue weighted by molar-refractivity contribution is -0.385. The van der Waals surface area contributed by atoms with Crippen LogP contribution in [0, 0.1) is 24.0 Å². The third-order valence-electron chi connectivity index (χ3n) is 3.14. The van der Waals surface area contributed by atoms with Gasteiger partial charge in [-0.3, -0.25) is 10.1 Å². The summed E-state index contributed by atoms with van der Waals surface area (Å²) in [6.45, 7) is 3.85. The smallest absolute Gasteiger partial charge is 0.288 e. The van der Waals surface area contributed by atoms with E-state index in [4.69, 9.17) is 0 Å². The first-order valence-corrected chi connectivity index (χ1v) is 7.07. The third kappa shape index (κ3) is 1.87. The summed E-state index contributed by atoms with van der Waals surface area (Å²) < 4.78 is 12.6. The molecule has 0 fully saturated rings. The Hall–Kier alpha value is -2.28. The molecule has 1 aliphatic heterocycles. The monoisotopic (exact) mass is 289 g/mol. The SMILES string of the molecule is Cc1cc(C)c2c(c1)S(=O)c1cc([N+](=O)[O-])cnc1N2. The summed E-state index contributed by atoms with van der Waals surface area (Å²) in [6.07, 6.45) is 1.16. The minimum absolute atomic E-state index is 0.160. The summed E-state index contributed by atoms with van der Waals surface area (Å²) in [7, 11) is -1.47. The van der Waals surface area contributed by atoms with Gasteiger partial charge in [-0.2, -0.15) is 0 Å². The van der Waals surface area contributed by atoms with Crippen LogP contribution < -0.4 is 5.32 Å². The van der Waals surface area contributed by atoms with Crippen molar-refractivity contribution in [1.29, 1.82) is 0 Å². The van der Waals surface area contributed by atoms with Gasteiger partial charge in [0.2, 0.25) is 0 Å². The zero-order valence-electron chi connectivity index (χ0n) is 10.8. The molecule has 2 heterocycles. The highest BCUT2D eigenvalue weighted by Gasteiger charge is 2.26. The predicted molar refractivity (Wildman–Crippen MR) is 74.8 cm³/mol. The maximum Gasteiger partial charge on any atom is 0.288 e. The largest absolute Gasteiger partial charge is 0.338 e. The molecule has 0 radical (unpaired) electrons. The maximum absolute atomic E-state index is 12.6. The summed E-state index contributed by atoms with van der Waals surface area (Å²) in [5, 5.41) is 13.9. The number of benzene rings is 1. The highest BCUT2D eigenvalue weighted by molar-refractivity contribution is 7.85. The van der Waals surface area contributed by atoms with Gasteiger partial charge in [-0.1, -0.05) is 6.07 Å². The molecule has 0 saturated carbocycles. The Balaban J connectivity index is 2.20. The first-order valence-electron chi connectivity index (χ1n) is 5.92. The van der Waals surface area contributed by atoms with Crippen molar-refractivity contribution in [3.05, 3.63) is 45.6 Å². The second kappa shape index (κ2) is 4.38. The van der Waals surface area contributed by atoms with Crippen LogP contribution in [0.2, 0.25) is 0 Å². The first-order chi connectivity index (χ1) is 9.47. The molecule has 6 nitrogen and oxygen atoms in total. The average Bonchev–Trinajstić information content (AvgIpc) is 2.40. The fraction of sp³-hybridized carbons (Fsp3) is 0.154. The van der Waals surface area contributed by atoms with E-state index in [0.29, 0.717) is 15.6 Å². The van der Waals surface area contributed by atoms with Crippen LogP contribution in [0.1, 0.15) is 11.1 Å². The van der Waals surface area contributed by atoms with Crippen molar-refractivity contribution in [2.45, 2.75) is 23.6 Å². The van der Waals surface area contributed by atoms with Crippen molar-refractivity contribution < 1.29 is 9.13 Å². The molecule has 1 aliphatic rings. The van der Waals surface area contributed by atoms with Gasteiger partial charge in [-0.05, 0) is 31.0 Å². The molecule has 20 heavy (non-hydrogen) atoms. The molecule has 0 spiro atoms. The molecule has 2 aromatic rings. The summed E-state index contributed by atoms with van der Waals surface area (Å²) >= 11 is 0. The van der Waals surface area contributed by atoms with Crippen LogP contribution in [0.3, 0.4) is 0 Å². The fourth-order valence-electron chi connectivity index (χ4n) is 2.24. The van der Waals surface area contributed by atoms with Crippen LogP contribution in [-0.2, 0) is 10.8 Å². The maximum atomic E-state index is 12.6. The Morgan fingerprint density at radius 1 is 1.25 bits per heavy atom. The van der Waals surface area contributed by atoms with E-state index in [0.717, 1.165) is 23.0 Å². The van der Waals surface area contributed by atoms with Crippen molar-refractivity contribution in [3.8, 4) is 0 Å².